The number of rotatable bonds is 13. The maximum absolute atomic E-state index is 15.8. The molecular formula is C32H34F3IN8O3. The quantitative estimate of drug-likeness (QED) is 0.0586. The fourth-order valence-corrected chi connectivity index (χ4v) is 6.90. The first-order valence-electron chi connectivity index (χ1n) is 15.1. The minimum absolute atomic E-state index is 0.0611. The Balaban J connectivity index is 1.16. The van der Waals surface area contributed by atoms with Crippen molar-refractivity contribution in [3.63, 3.8) is 0 Å². The van der Waals surface area contributed by atoms with Crippen LogP contribution in [0.3, 0.4) is 0 Å². The van der Waals surface area contributed by atoms with Gasteiger partial charge in [-0.05, 0) is 35.9 Å². The van der Waals surface area contributed by atoms with Crippen LogP contribution in [0.25, 0.3) is 10.9 Å². The van der Waals surface area contributed by atoms with Crippen LogP contribution in [0.1, 0.15) is 16.8 Å². The van der Waals surface area contributed by atoms with E-state index in [0.717, 1.165) is 25.2 Å². The van der Waals surface area contributed by atoms with Gasteiger partial charge in [-0.1, -0.05) is 12.1 Å². The summed E-state index contributed by atoms with van der Waals surface area (Å²) in [5.74, 6) is -0.503. The Hall–Kier alpha value is -4.09. The molecule has 248 valence electrons. The normalized spacial score (nSPS) is 16.0. The van der Waals surface area contributed by atoms with Crippen molar-refractivity contribution in [2.24, 2.45) is 10.2 Å². The zero-order chi connectivity index (χ0) is 32.8. The molecule has 2 saturated heterocycles. The van der Waals surface area contributed by atoms with Crippen LogP contribution in [0.4, 0.5) is 30.2 Å². The lowest BCUT2D eigenvalue weighted by molar-refractivity contribution is 0.0166. The number of halogens is 4. The Bertz CT molecular complexity index is 1730. The summed E-state index contributed by atoms with van der Waals surface area (Å²) in [5, 5.41) is 11.5. The van der Waals surface area contributed by atoms with E-state index in [1.807, 2.05) is 14.2 Å². The average molecular weight is 763 g/mol. The smallest absolute Gasteiger partial charge is 0.274 e. The van der Waals surface area contributed by atoms with Crippen molar-refractivity contribution < 1.29 is 25.7 Å². The largest absolute Gasteiger partial charge is 0.470 e. The van der Waals surface area contributed by atoms with E-state index >= 15 is 4.39 Å². The highest BCUT2D eigenvalue weighted by molar-refractivity contribution is 14.1. The van der Waals surface area contributed by atoms with Crippen molar-refractivity contribution in [3.8, 4) is 0 Å². The highest BCUT2D eigenvalue weighted by Gasteiger charge is 2.31. The number of aromatic nitrogens is 2. The number of nitrogens with zero attached hydrogens (tertiary/aromatic N) is 6. The fourth-order valence-electron chi connectivity index (χ4n) is 5.65. The number of H-pyrrole nitrogens is 1. The van der Waals surface area contributed by atoms with Crippen LogP contribution in [0.2, 0.25) is 0 Å². The van der Waals surface area contributed by atoms with E-state index in [0.29, 0.717) is 54.6 Å². The molecule has 0 radical (unpaired) electrons. The zero-order valence-corrected chi connectivity index (χ0v) is 27.6. The molecule has 0 bridgehead atoms. The van der Waals surface area contributed by atoms with Crippen LogP contribution in [0.15, 0.2) is 71.1 Å². The summed E-state index contributed by atoms with van der Waals surface area (Å²) in [4.78, 5) is 12.1. The molecule has 2 aliphatic heterocycles. The van der Waals surface area contributed by atoms with Crippen molar-refractivity contribution in [2.75, 3.05) is 59.3 Å². The first-order valence-corrected chi connectivity index (χ1v) is 16.9. The van der Waals surface area contributed by atoms with Gasteiger partial charge in [-0.2, -0.15) is 5.10 Å². The summed E-state index contributed by atoms with van der Waals surface area (Å²) in [6.45, 7) is 7.17. The second-order valence-electron chi connectivity index (χ2n) is 11.2. The molecule has 0 aliphatic carbocycles. The second-order valence-corrected chi connectivity index (χ2v) is 12.6. The van der Waals surface area contributed by atoms with E-state index < -0.39 is 34.5 Å². The molecule has 2 aromatic heterocycles. The summed E-state index contributed by atoms with van der Waals surface area (Å²) in [6.07, 6.45) is 0.702. The molecule has 0 unspecified atom stereocenters. The van der Waals surface area contributed by atoms with E-state index in [4.69, 9.17) is 9.47 Å². The molecule has 11 nitrogen and oxygen atoms in total. The summed E-state index contributed by atoms with van der Waals surface area (Å²) in [6, 6.07) is 14.8. The second kappa shape index (κ2) is 15.2. The monoisotopic (exact) mass is 762 g/mol. The van der Waals surface area contributed by atoms with Gasteiger partial charge in [-0.25, -0.2) is 16.2 Å². The van der Waals surface area contributed by atoms with Gasteiger partial charge < -0.3 is 24.7 Å². The summed E-state index contributed by atoms with van der Waals surface area (Å²) < 4.78 is 65.9. The van der Waals surface area contributed by atoms with E-state index in [-0.39, 0.29) is 24.3 Å². The molecule has 6 rings (SSSR count). The Morgan fingerprint density at radius 3 is 2.70 bits per heavy atom. The number of ether oxygens (including phenoxy) is 2. The van der Waals surface area contributed by atoms with Crippen molar-refractivity contribution in [3.05, 3.63) is 83.6 Å². The van der Waals surface area contributed by atoms with Gasteiger partial charge in [-0.3, -0.25) is 13.0 Å². The van der Waals surface area contributed by atoms with Crippen LogP contribution in [-0.4, -0.2) is 86.0 Å². The molecule has 0 spiro atoms. The highest BCUT2D eigenvalue weighted by atomic mass is 127. The molecular weight excluding hydrogens is 728 g/mol. The number of alkyl halides is 2. The van der Waals surface area contributed by atoms with Crippen LogP contribution in [0.5, 0.6) is 0 Å². The third kappa shape index (κ3) is 7.73. The van der Waals surface area contributed by atoms with Gasteiger partial charge >= 0.3 is 0 Å². The molecule has 0 amide bonds. The number of anilines is 3. The number of hydrogen-bond acceptors (Lipinski definition) is 9. The minimum atomic E-state index is -2.68. The maximum atomic E-state index is 15.8. The number of pyridine rings is 1. The van der Waals surface area contributed by atoms with Gasteiger partial charge in [0.15, 0.2) is 6.61 Å². The third-order valence-corrected chi connectivity index (χ3v) is 9.87. The van der Waals surface area contributed by atoms with Gasteiger partial charge in [0, 0.05) is 68.8 Å². The standard InChI is InChI=1S/C32H34F3IN8O3/c1-37-41-32(47-20-31(34)35)21-5-6-23(39-15-21)16-40-28-13-26(33)29(14-30(28)44(36-45)24-18-46-19-24)43-11-9-42(10-12-43)17-22-3-2-4-27-25(22)7-8-38-27/h2-8,13-15,24,31,38,40H,1,9-12,16-20H2/b41-32-. The SMILES string of the molecule is C=N/N=C(\OCC(F)F)c1ccc(CNc2cc(F)c(N3CCN(Cc4cccc5[nH]ccc45)CC3)cc2N(I=O)C2COC2)nc1. The number of hydrogen-bond donors (Lipinski definition) is 2. The molecule has 2 N–H and O–H groups in total. The highest BCUT2D eigenvalue weighted by Crippen LogP contribution is 2.39. The number of aromatic amines is 1. The van der Waals surface area contributed by atoms with Crippen LogP contribution < -0.4 is 13.3 Å². The summed E-state index contributed by atoms with van der Waals surface area (Å²) >= 11 is -1.63. The van der Waals surface area contributed by atoms with E-state index in [1.54, 1.807) is 18.2 Å². The molecule has 0 saturated carbocycles. The summed E-state index contributed by atoms with van der Waals surface area (Å²) in [7, 11) is 0. The van der Waals surface area contributed by atoms with E-state index in [2.05, 4.69) is 61.4 Å². The topological polar surface area (TPSA) is 111 Å². The number of fused-ring (bicyclic) bond motifs is 1. The molecule has 4 heterocycles. The Kier molecular flexibility index (Phi) is 10.6. The van der Waals surface area contributed by atoms with E-state index in [1.165, 1.54) is 23.2 Å². The first-order chi connectivity index (χ1) is 22.9. The lowest BCUT2D eigenvalue weighted by Crippen LogP contribution is -2.46. The molecule has 2 fully saturated rings. The Morgan fingerprint density at radius 1 is 1.19 bits per heavy atom. The van der Waals surface area contributed by atoms with Gasteiger partial charge in [0.05, 0.1) is 54.1 Å². The molecule has 4 aromatic rings. The molecule has 0 atom stereocenters. The predicted molar refractivity (Wildman–Crippen MR) is 184 cm³/mol. The molecule has 2 aliphatic rings. The Labute approximate surface area is 280 Å². The van der Waals surface area contributed by atoms with Crippen molar-refractivity contribution in [1.82, 2.24) is 14.9 Å². The first kappa shape index (κ1) is 32.8. The van der Waals surface area contributed by atoms with Crippen molar-refractivity contribution >= 4 is 62.0 Å². The van der Waals surface area contributed by atoms with Crippen LogP contribution >= 0.6 is 21.5 Å². The average Bonchev–Trinajstić information content (AvgIpc) is 3.55. The lowest BCUT2D eigenvalue weighted by Gasteiger charge is -2.38. The van der Waals surface area contributed by atoms with Crippen molar-refractivity contribution in [2.45, 2.75) is 25.6 Å². The third-order valence-electron chi connectivity index (χ3n) is 8.14. The fraction of sp³-hybridized carbons (Fsp3) is 0.344. The number of piperazine rings is 1. The van der Waals surface area contributed by atoms with Gasteiger partial charge in [0.2, 0.25) is 5.90 Å². The van der Waals surface area contributed by atoms with Gasteiger partial charge in [0.1, 0.15) is 5.82 Å². The Morgan fingerprint density at radius 2 is 2.02 bits per heavy atom. The molecule has 47 heavy (non-hydrogen) atoms. The van der Waals surface area contributed by atoms with Gasteiger partial charge in [-0.15, -0.1) is 5.10 Å². The lowest BCUT2D eigenvalue weighted by atomic mass is 10.1. The number of nitrogens with one attached hydrogen (secondary N) is 2. The van der Waals surface area contributed by atoms with Crippen LogP contribution in [0, 0.1) is 5.82 Å². The number of benzene rings is 2. The minimum Gasteiger partial charge on any atom is -0.470 e. The molecule has 15 heteroatoms. The van der Waals surface area contributed by atoms with Crippen molar-refractivity contribution in [1.29, 1.82) is 0 Å². The molecule has 2 aromatic carbocycles. The zero-order valence-electron chi connectivity index (χ0n) is 25.4. The van der Waals surface area contributed by atoms with E-state index in [9.17, 15) is 11.8 Å². The maximum Gasteiger partial charge on any atom is 0.274 e. The predicted octanol–water partition coefficient (Wildman–Crippen LogP) is 5.72. The van der Waals surface area contributed by atoms with Crippen LogP contribution in [-0.2, 0) is 25.6 Å². The summed E-state index contributed by atoms with van der Waals surface area (Å²) in [5.41, 5.74) is 4.90. The van der Waals surface area contributed by atoms with Gasteiger partial charge in [0.25, 0.3) is 27.9 Å².